The van der Waals surface area contributed by atoms with Gasteiger partial charge in [0.05, 0.1) is 31.6 Å². The van der Waals surface area contributed by atoms with Gasteiger partial charge in [0.15, 0.2) is 5.78 Å². The Hall–Kier alpha value is -2.87. The molecule has 4 rings (SSSR count). The normalized spacial score (nSPS) is 25.1. The van der Waals surface area contributed by atoms with Crippen molar-refractivity contribution in [3.8, 4) is 17.2 Å². The van der Waals surface area contributed by atoms with Gasteiger partial charge in [0, 0.05) is 37.5 Å². The van der Waals surface area contributed by atoms with Crippen LogP contribution in [0.1, 0.15) is 35.8 Å². The monoisotopic (exact) mass is 427 g/mol. The van der Waals surface area contributed by atoms with Gasteiger partial charge in [0.2, 0.25) is 5.95 Å². The molecule has 2 fully saturated rings. The van der Waals surface area contributed by atoms with E-state index in [0.29, 0.717) is 52.7 Å². The van der Waals surface area contributed by atoms with Gasteiger partial charge >= 0.3 is 0 Å². The number of hydrogen-bond donors (Lipinski definition) is 1. The first kappa shape index (κ1) is 21.4. The van der Waals surface area contributed by atoms with Gasteiger partial charge in [-0.25, -0.2) is 9.97 Å². The van der Waals surface area contributed by atoms with Gasteiger partial charge in [-0.15, -0.1) is 0 Å². The number of nitrogens with zero attached hydrogens (tertiary/aromatic N) is 3. The van der Waals surface area contributed by atoms with Crippen molar-refractivity contribution < 1.29 is 24.1 Å². The minimum atomic E-state index is -0.555. The third-order valence-corrected chi connectivity index (χ3v) is 6.33. The van der Waals surface area contributed by atoms with E-state index in [1.165, 1.54) is 6.92 Å². The number of hydrogen-bond acceptors (Lipinski definition) is 8. The highest BCUT2D eigenvalue weighted by atomic mass is 16.5. The quantitative estimate of drug-likeness (QED) is 0.704. The SMILES string of the molecule is COc1cc(OC)cc(O[C@@H]2C[C@@H]3CN(c4ncc(C(C)=O)c(C)n4)C[C@@H]3C[C@H]2O)c1. The minimum absolute atomic E-state index is 0.0311. The molecule has 1 aromatic carbocycles. The molecule has 0 radical (unpaired) electrons. The zero-order valence-electron chi connectivity index (χ0n) is 18.4. The number of rotatable bonds is 6. The van der Waals surface area contributed by atoms with E-state index in [0.717, 1.165) is 19.5 Å². The summed E-state index contributed by atoms with van der Waals surface area (Å²) in [5.41, 5.74) is 1.25. The number of carbonyl (C=O) groups excluding carboxylic acids is 1. The first-order valence-corrected chi connectivity index (χ1v) is 10.5. The van der Waals surface area contributed by atoms with E-state index in [1.54, 1.807) is 38.6 Å². The van der Waals surface area contributed by atoms with Crippen LogP contribution in [0.15, 0.2) is 24.4 Å². The smallest absolute Gasteiger partial charge is 0.225 e. The first-order valence-electron chi connectivity index (χ1n) is 10.5. The Balaban J connectivity index is 1.46. The van der Waals surface area contributed by atoms with E-state index in [4.69, 9.17) is 14.2 Å². The lowest BCUT2D eigenvalue weighted by Gasteiger charge is -2.35. The Morgan fingerprint density at radius 1 is 1.06 bits per heavy atom. The van der Waals surface area contributed by atoms with Crippen LogP contribution in [0.25, 0.3) is 0 Å². The van der Waals surface area contributed by atoms with Crippen molar-refractivity contribution in [1.29, 1.82) is 0 Å². The van der Waals surface area contributed by atoms with Crippen LogP contribution in [-0.2, 0) is 0 Å². The van der Waals surface area contributed by atoms with Crippen molar-refractivity contribution in [2.75, 3.05) is 32.2 Å². The van der Waals surface area contributed by atoms with E-state index in [9.17, 15) is 9.90 Å². The number of Topliss-reactive ketones (excluding diaryl/α,β-unsaturated/α-hetero) is 1. The Morgan fingerprint density at radius 3 is 2.26 bits per heavy atom. The molecule has 31 heavy (non-hydrogen) atoms. The molecule has 1 N–H and O–H groups in total. The first-order chi connectivity index (χ1) is 14.9. The number of aryl methyl sites for hydroxylation is 1. The fourth-order valence-corrected chi connectivity index (χ4v) is 4.66. The molecule has 2 heterocycles. The molecule has 2 aliphatic rings. The highest BCUT2D eigenvalue weighted by molar-refractivity contribution is 5.94. The van der Waals surface area contributed by atoms with Crippen molar-refractivity contribution in [2.24, 2.45) is 11.8 Å². The Morgan fingerprint density at radius 2 is 1.68 bits per heavy atom. The summed E-state index contributed by atoms with van der Waals surface area (Å²) in [5.74, 6) is 3.24. The van der Waals surface area contributed by atoms with Gasteiger partial charge in [-0.2, -0.15) is 0 Å². The van der Waals surface area contributed by atoms with Crippen LogP contribution in [0.5, 0.6) is 17.2 Å². The fraction of sp³-hybridized carbons (Fsp3) is 0.522. The van der Waals surface area contributed by atoms with Crippen LogP contribution >= 0.6 is 0 Å². The summed E-state index contributed by atoms with van der Waals surface area (Å²) in [7, 11) is 3.19. The third kappa shape index (κ3) is 4.44. The number of ketones is 1. The highest BCUT2D eigenvalue weighted by Crippen LogP contribution is 2.39. The molecule has 4 atom stereocenters. The molecule has 0 spiro atoms. The topological polar surface area (TPSA) is 94.0 Å². The number of anilines is 1. The van der Waals surface area contributed by atoms with Crippen LogP contribution in [0.4, 0.5) is 5.95 Å². The molecular formula is C23H29N3O5. The molecule has 0 amide bonds. The second-order valence-corrected chi connectivity index (χ2v) is 8.39. The van der Waals surface area contributed by atoms with Crippen LogP contribution in [0.2, 0.25) is 0 Å². The molecule has 1 aliphatic heterocycles. The molecule has 1 saturated carbocycles. The molecule has 0 unspecified atom stereocenters. The summed E-state index contributed by atoms with van der Waals surface area (Å²) in [6.07, 6.45) is 2.16. The van der Waals surface area contributed by atoms with Crippen molar-refractivity contribution in [2.45, 2.75) is 38.9 Å². The van der Waals surface area contributed by atoms with Crippen molar-refractivity contribution in [1.82, 2.24) is 9.97 Å². The lowest BCUT2D eigenvalue weighted by Crippen LogP contribution is -2.42. The molecule has 8 heteroatoms. The molecule has 1 aliphatic carbocycles. The molecule has 0 bridgehead atoms. The van der Waals surface area contributed by atoms with Gasteiger partial charge in [-0.1, -0.05) is 0 Å². The molecule has 1 saturated heterocycles. The average molecular weight is 428 g/mol. The molecule has 2 aromatic rings. The summed E-state index contributed by atoms with van der Waals surface area (Å²) in [4.78, 5) is 22.8. The molecular weight excluding hydrogens is 398 g/mol. The van der Waals surface area contributed by atoms with Crippen LogP contribution < -0.4 is 19.1 Å². The standard InChI is InChI=1S/C23H29N3O5/c1-13-20(14(2)27)10-24-23(25-13)26-11-15-5-21(28)22(6-16(15)12-26)31-19-8-17(29-3)7-18(9-19)30-4/h7-10,15-16,21-22,28H,5-6,11-12H2,1-4H3/t15-,16+,21+,22+/m0/s1. The van der Waals surface area contributed by atoms with Gasteiger partial charge in [0.1, 0.15) is 23.4 Å². The maximum absolute atomic E-state index is 11.7. The van der Waals surface area contributed by atoms with E-state index in [1.807, 2.05) is 6.92 Å². The maximum Gasteiger partial charge on any atom is 0.225 e. The average Bonchev–Trinajstić information content (AvgIpc) is 3.16. The van der Waals surface area contributed by atoms with E-state index in [2.05, 4.69) is 14.9 Å². The van der Waals surface area contributed by atoms with Gasteiger partial charge in [0.25, 0.3) is 0 Å². The number of aliphatic hydroxyl groups excluding tert-OH is 1. The summed E-state index contributed by atoms with van der Waals surface area (Å²) in [6.45, 7) is 4.95. The van der Waals surface area contributed by atoms with E-state index in [-0.39, 0.29) is 11.9 Å². The Kier molecular flexibility index (Phi) is 6.00. The number of benzene rings is 1. The number of aromatic nitrogens is 2. The van der Waals surface area contributed by atoms with Crippen molar-refractivity contribution >= 4 is 11.7 Å². The number of fused-ring (bicyclic) bond motifs is 1. The fourth-order valence-electron chi connectivity index (χ4n) is 4.66. The largest absolute Gasteiger partial charge is 0.496 e. The predicted octanol–water partition coefficient (Wildman–Crippen LogP) is 2.66. The van der Waals surface area contributed by atoms with Gasteiger partial charge < -0.3 is 24.2 Å². The number of carbonyl (C=O) groups is 1. The summed E-state index contributed by atoms with van der Waals surface area (Å²) in [6, 6.07) is 5.39. The zero-order chi connectivity index (χ0) is 22.1. The number of methoxy groups -OCH3 is 2. The predicted molar refractivity (Wildman–Crippen MR) is 115 cm³/mol. The second kappa shape index (κ2) is 8.70. The molecule has 8 nitrogen and oxygen atoms in total. The zero-order valence-corrected chi connectivity index (χ0v) is 18.4. The summed E-state index contributed by atoms with van der Waals surface area (Å²) in [5, 5.41) is 10.8. The maximum atomic E-state index is 11.7. The Labute approximate surface area is 182 Å². The van der Waals surface area contributed by atoms with Crippen molar-refractivity contribution in [3.05, 3.63) is 35.7 Å². The molecule has 1 aromatic heterocycles. The van der Waals surface area contributed by atoms with Gasteiger partial charge in [-0.3, -0.25) is 4.79 Å². The highest BCUT2D eigenvalue weighted by Gasteiger charge is 2.43. The van der Waals surface area contributed by atoms with Crippen LogP contribution in [0, 0.1) is 18.8 Å². The third-order valence-electron chi connectivity index (χ3n) is 6.33. The lowest BCUT2D eigenvalue weighted by molar-refractivity contribution is -0.0232. The second-order valence-electron chi connectivity index (χ2n) is 8.39. The minimum Gasteiger partial charge on any atom is -0.496 e. The summed E-state index contributed by atoms with van der Waals surface area (Å²) >= 11 is 0. The van der Waals surface area contributed by atoms with Crippen molar-refractivity contribution in [3.63, 3.8) is 0 Å². The number of aliphatic hydroxyl groups is 1. The summed E-state index contributed by atoms with van der Waals surface area (Å²) < 4.78 is 16.8. The van der Waals surface area contributed by atoms with E-state index < -0.39 is 6.10 Å². The lowest BCUT2D eigenvalue weighted by atomic mass is 9.78. The number of ether oxygens (including phenoxy) is 3. The van der Waals surface area contributed by atoms with Gasteiger partial charge in [-0.05, 0) is 38.5 Å². The Bertz CT molecular complexity index is 944. The van der Waals surface area contributed by atoms with Crippen LogP contribution in [-0.4, -0.2) is 60.4 Å². The van der Waals surface area contributed by atoms with Crippen LogP contribution in [0.3, 0.4) is 0 Å². The van der Waals surface area contributed by atoms with E-state index >= 15 is 0 Å². The molecule has 166 valence electrons.